The first kappa shape index (κ1) is 9.99. The lowest BCUT2D eigenvalue weighted by Gasteiger charge is -2.11. The number of aliphatic hydroxyl groups excluding tert-OH is 1. The van der Waals surface area contributed by atoms with Gasteiger partial charge in [0.25, 0.3) is 0 Å². The largest absolute Gasteiger partial charge is 0.392 e. The molecule has 0 spiro atoms. The Balaban J connectivity index is 2.85. The molecule has 13 heavy (non-hydrogen) atoms. The van der Waals surface area contributed by atoms with Crippen LogP contribution in [0.1, 0.15) is 25.0 Å². The standard InChI is InChI=1S/C10H16N2O/c1-7(2)12-10-8(3)4-9(6-13)5-11-10/h4-5,7,13H,6H2,1-3H3,(H,11,12). The second-order valence-electron chi connectivity index (χ2n) is 3.47. The highest BCUT2D eigenvalue weighted by atomic mass is 16.3. The van der Waals surface area contributed by atoms with Crippen LogP contribution in [-0.2, 0) is 6.61 Å². The maximum Gasteiger partial charge on any atom is 0.129 e. The molecule has 72 valence electrons. The molecule has 0 aromatic carbocycles. The average molecular weight is 180 g/mol. The van der Waals surface area contributed by atoms with Crippen LogP contribution in [0.15, 0.2) is 12.3 Å². The number of nitrogens with zero attached hydrogens (tertiary/aromatic N) is 1. The van der Waals surface area contributed by atoms with Gasteiger partial charge in [-0.15, -0.1) is 0 Å². The van der Waals surface area contributed by atoms with Gasteiger partial charge in [-0.2, -0.15) is 0 Å². The predicted octanol–water partition coefficient (Wildman–Crippen LogP) is 1.70. The van der Waals surface area contributed by atoms with Crippen LogP contribution in [0.4, 0.5) is 5.82 Å². The Labute approximate surface area is 78.8 Å². The van der Waals surface area contributed by atoms with Crippen molar-refractivity contribution in [3.63, 3.8) is 0 Å². The molecule has 0 bridgehead atoms. The summed E-state index contributed by atoms with van der Waals surface area (Å²) in [6, 6.07) is 2.32. The molecular formula is C10H16N2O. The molecule has 3 nitrogen and oxygen atoms in total. The van der Waals surface area contributed by atoms with Crippen molar-refractivity contribution in [3.05, 3.63) is 23.4 Å². The molecule has 1 aromatic rings. The van der Waals surface area contributed by atoms with Crippen molar-refractivity contribution < 1.29 is 5.11 Å². The number of hydrogen-bond donors (Lipinski definition) is 2. The van der Waals surface area contributed by atoms with E-state index < -0.39 is 0 Å². The molecular weight excluding hydrogens is 164 g/mol. The number of nitrogens with one attached hydrogen (secondary N) is 1. The molecule has 1 heterocycles. The fourth-order valence-corrected chi connectivity index (χ4v) is 1.14. The van der Waals surface area contributed by atoms with Crippen molar-refractivity contribution in [2.24, 2.45) is 0 Å². The van der Waals surface area contributed by atoms with E-state index in [0.717, 1.165) is 16.9 Å². The highest BCUT2D eigenvalue weighted by Crippen LogP contribution is 2.13. The normalized spacial score (nSPS) is 10.5. The Hall–Kier alpha value is -1.09. The molecule has 0 fully saturated rings. The molecule has 0 saturated heterocycles. The van der Waals surface area contributed by atoms with Gasteiger partial charge in [0.15, 0.2) is 0 Å². The van der Waals surface area contributed by atoms with Crippen molar-refractivity contribution in [1.29, 1.82) is 0 Å². The summed E-state index contributed by atoms with van der Waals surface area (Å²) in [6.45, 7) is 6.18. The maximum atomic E-state index is 8.87. The number of anilines is 1. The van der Waals surface area contributed by atoms with Crippen molar-refractivity contribution in [1.82, 2.24) is 4.98 Å². The van der Waals surface area contributed by atoms with Crippen LogP contribution in [0.3, 0.4) is 0 Å². The maximum absolute atomic E-state index is 8.87. The third-order valence-electron chi connectivity index (χ3n) is 1.74. The Morgan fingerprint density at radius 3 is 2.69 bits per heavy atom. The lowest BCUT2D eigenvalue weighted by atomic mass is 10.2. The summed E-state index contributed by atoms with van der Waals surface area (Å²) in [6.07, 6.45) is 1.69. The summed E-state index contributed by atoms with van der Waals surface area (Å²) in [4.78, 5) is 4.22. The highest BCUT2D eigenvalue weighted by molar-refractivity contribution is 5.44. The van der Waals surface area contributed by atoms with Gasteiger partial charge in [-0.05, 0) is 38.0 Å². The second-order valence-corrected chi connectivity index (χ2v) is 3.47. The van der Waals surface area contributed by atoms with Gasteiger partial charge < -0.3 is 10.4 Å². The Kier molecular flexibility index (Phi) is 3.25. The van der Waals surface area contributed by atoms with Gasteiger partial charge in [0.05, 0.1) is 6.61 Å². The van der Waals surface area contributed by atoms with Crippen LogP contribution in [-0.4, -0.2) is 16.1 Å². The third-order valence-corrected chi connectivity index (χ3v) is 1.74. The van der Waals surface area contributed by atoms with E-state index in [2.05, 4.69) is 24.1 Å². The summed E-state index contributed by atoms with van der Waals surface area (Å²) >= 11 is 0. The van der Waals surface area contributed by atoms with Crippen LogP contribution < -0.4 is 5.32 Å². The van der Waals surface area contributed by atoms with Crippen LogP contribution in [0.25, 0.3) is 0 Å². The van der Waals surface area contributed by atoms with Crippen LogP contribution in [0.2, 0.25) is 0 Å². The summed E-state index contributed by atoms with van der Waals surface area (Å²) in [5.41, 5.74) is 1.92. The van der Waals surface area contributed by atoms with Crippen molar-refractivity contribution in [3.8, 4) is 0 Å². The van der Waals surface area contributed by atoms with Gasteiger partial charge in [0.1, 0.15) is 5.82 Å². The first-order valence-corrected chi connectivity index (χ1v) is 4.46. The van der Waals surface area contributed by atoms with E-state index in [1.54, 1.807) is 6.20 Å². The molecule has 0 saturated carbocycles. The van der Waals surface area contributed by atoms with E-state index in [1.807, 2.05) is 13.0 Å². The van der Waals surface area contributed by atoms with E-state index in [4.69, 9.17) is 5.11 Å². The molecule has 0 atom stereocenters. The number of aryl methyl sites for hydroxylation is 1. The Morgan fingerprint density at radius 2 is 2.23 bits per heavy atom. The lowest BCUT2D eigenvalue weighted by molar-refractivity contribution is 0.281. The number of aromatic nitrogens is 1. The molecule has 0 aliphatic carbocycles. The van der Waals surface area contributed by atoms with E-state index in [-0.39, 0.29) is 6.61 Å². The van der Waals surface area contributed by atoms with E-state index in [9.17, 15) is 0 Å². The van der Waals surface area contributed by atoms with Crippen LogP contribution in [0, 0.1) is 6.92 Å². The fraction of sp³-hybridized carbons (Fsp3) is 0.500. The smallest absolute Gasteiger partial charge is 0.129 e. The average Bonchev–Trinajstić information content (AvgIpc) is 2.08. The molecule has 0 radical (unpaired) electrons. The molecule has 1 rings (SSSR count). The highest BCUT2D eigenvalue weighted by Gasteiger charge is 2.01. The quantitative estimate of drug-likeness (QED) is 0.744. The van der Waals surface area contributed by atoms with E-state index >= 15 is 0 Å². The minimum Gasteiger partial charge on any atom is -0.392 e. The first-order chi connectivity index (χ1) is 6.13. The SMILES string of the molecule is Cc1cc(CO)cnc1NC(C)C. The number of aliphatic hydroxyl groups is 1. The predicted molar refractivity (Wildman–Crippen MR) is 53.7 cm³/mol. The van der Waals surface area contributed by atoms with Gasteiger partial charge >= 0.3 is 0 Å². The molecule has 3 heteroatoms. The zero-order valence-electron chi connectivity index (χ0n) is 8.33. The molecule has 2 N–H and O–H groups in total. The van der Waals surface area contributed by atoms with E-state index in [1.165, 1.54) is 0 Å². The van der Waals surface area contributed by atoms with Crippen molar-refractivity contribution >= 4 is 5.82 Å². The third kappa shape index (κ3) is 2.70. The van der Waals surface area contributed by atoms with Gasteiger partial charge in [-0.3, -0.25) is 0 Å². The topological polar surface area (TPSA) is 45.2 Å². The lowest BCUT2D eigenvalue weighted by Crippen LogP contribution is -2.12. The summed E-state index contributed by atoms with van der Waals surface area (Å²) in [5, 5.41) is 12.1. The number of rotatable bonds is 3. The molecule has 0 amide bonds. The van der Waals surface area contributed by atoms with Gasteiger partial charge in [0.2, 0.25) is 0 Å². The number of pyridine rings is 1. The van der Waals surface area contributed by atoms with Gasteiger partial charge in [-0.1, -0.05) is 0 Å². The van der Waals surface area contributed by atoms with Crippen LogP contribution >= 0.6 is 0 Å². The Bertz CT molecular complexity index is 284. The molecule has 0 unspecified atom stereocenters. The minimum atomic E-state index is 0.0514. The van der Waals surface area contributed by atoms with Gasteiger partial charge in [0, 0.05) is 12.2 Å². The fourth-order valence-electron chi connectivity index (χ4n) is 1.14. The van der Waals surface area contributed by atoms with Crippen molar-refractivity contribution in [2.45, 2.75) is 33.4 Å². The van der Waals surface area contributed by atoms with Crippen LogP contribution in [0.5, 0.6) is 0 Å². The minimum absolute atomic E-state index is 0.0514. The summed E-state index contributed by atoms with van der Waals surface area (Å²) in [5.74, 6) is 0.896. The summed E-state index contributed by atoms with van der Waals surface area (Å²) in [7, 11) is 0. The summed E-state index contributed by atoms with van der Waals surface area (Å²) < 4.78 is 0. The van der Waals surface area contributed by atoms with Gasteiger partial charge in [-0.25, -0.2) is 4.98 Å². The second kappa shape index (κ2) is 4.23. The molecule has 1 aromatic heterocycles. The first-order valence-electron chi connectivity index (χ1n) is 4.46. The zero-order chi connectivity index (χ0) is 9.84. The monoisotopic (exact) mass is 180 g/mol. The molecule has 0 aliphatic rings. The zero-order valence-corrected chi connectivity index (χ0v) is 8.33. The van der Waals surface area contributed by atoms with Crippen molar-refractivity contribution in [2.75, 3.05) is 5.32 Å². The Morgan fingerprint density at radius 1 is 1.54 bits per heavy atom. The number of hydrogen-bond acceptors (Lipinski definition) is 3. The molecule has 0 aliphatic heterocycles. The van der Waals surface area contributed by atoms with E-state index in [0.29, 0.717) is 6.04 Å².